The van der Waals surface area contributed by atoms with Gasteiger partial charge in [-0.1, -0.05) is 5.92 Å². The van der Waals surface area contributed by atoms with Crippen LogP contribution in [0, 0.1) is 23.2 Å². The molecule has 31 heavy (non-hydrogen) atoms. The Bertz CT molecular complexity index is 859. The van der Waals surface area contributed by atoms with Crippen LogP contribution in [0.5, 0.6) is 5.75 Å². The average Bonchev–Trinajstić information content (AvgIpc) is 3.16. The first-order valence-electron chi connectivity index (χ1n) is 10.5. The fourth-order valence-corrected chi connectivity index (χ4v) is 4.22. The molecule has 1 aliphatic carbocycles. The maximum absolute atomic E-state index is 12.7. The molecule has 1 saturated carbocycles. The summed E-state index contributed by atoms with van der Waals surface area (Å²) in [6, 6.07) is 6.48. The SMILES string of the molecule is CC#C[C@H]1CC[C@H](C#N)N1C(=O)CNC1CCC(Oc2ccc(C(F)(F)F)cc2)CC1. The number of carbonyl (C=O) groups excluding carboxylic acids is 1. The van der Waals surface area contributed by atoms with Gasteiger partial charge in [-0.3, -0.25) is 4.79 Å². The number of carbonyl (C=O) groups is 1. The van der Waals surface area contributed by atoms with E-state index in [1.807, 2.05) is 0 Å². The zero-order valence-corrected chi connectivity index (χ0v) is 17.4. The van der Waals surface area contributed by atoms with Gasteiger partial charge in [0.2, 0.25) is 5.91 Å². The van der Waals surface area contributed by atoms with Crippen molar-refractivity contribution in [3.8, 4) is 23.7 Å². The van der Waals surface area contributed by atoms with Gasteiger partial charge in [0.15, 0.2) is 0 Å². The van der Waals surface area contributed by atoms with E-state index >= 15 is 0 Å². The summed E-state index contributed by atoms with van der Waals surface area (Å²) in [4.78, 5) is 14.3. The third kappa shape index (κ3) is 5.92. The van der Waals surface area contributed by atoms with Crippen LogP contribution in [0.25, 0.3) is 0 Å². The van der Waals surface area contributed by atoms with Gasteiger partial charge in [-0.25, -0.2) is 0 Å². The molecule has 2 aliphatic rings. The van der Waals surface area contributed by atoms with Crippen molar-refractivity contribution in [2.45, 2.75) is 75.9 Å². The Morgan fingerprint density at radius 3 is 2.35 bits per heavy atom. The maximum atomic E-state index is 12.7. The van der Waals surface area contributed by atoms with Crippen LogP contribution in [0.1, 0.15) is 51.0 Å². The fourth-order valence-electron chi connectivity index (χ4n) is 4.22. The number of nitriles is 1. The molecule has 0 radical (unpaired) electrons. The lowest BCUT2D eigenvalue weighted by Gasteiger charge is -2.31. The Morgan fingerprint density at radius 1 is 1.13 bits per heavy atom. The van der Waals surface area contributed by atoms with E-state index in [1.165, 1.54) is 12.1 Å². The highest BCUT2D eigenvalue weighted by Crippen LogP contribution is 2.31. The average molecular weight is 433 g/mol. The minimum Gasteiger partial charge on any atom is -0.490 e. The third-order valence-corrected chi connectivity index (χ3v) is 5.83. The van der Waals surface area contributed by atoms with Gasteiger partial charge in [-0.05, 0) is 69.7 Å². The molecule has 1 aromatic rings. The first kappa shape index (κ1) is 23.0. The molecule has 5 nitrogen and oxygen atoms in total. The van der Waals surface area contributed by atoms with E-state index in [0.717, 1.165) is 44.2 Å². The molecule has 1 heterocycles. The lowest BCUT2D eigenvalue weighted by Crippen LogP contribution is -2.47. The second kappa shape index (κ2) is 10.1. The van der Waals surface area contributed by atoms with Gasteiger partial charge in [0.05, 0.1) is 30.3 Å². The number of nitrogens with one attached hydrogen (secondary N) is 1. The summed E-state index contributed by atoms with van der Waals surface area (Å²) >= 11 is 0. The number of benzene rings is 1. The summed E-state index contributed by atoms with van der Waals surface area (Å²) in [6.07, 6.45) is 0.0619. The Balaban J connectivity index is 1.44. The Morgan fingerprint density at radius 2 is 1.77 bits per heavy atom. The lowest BCUT2D eigenvalue weighted by atomic mass is 9.93. The molecule has 1 aliphatic heterocycles. The van der Waals surface area contributed by atoms with Gasteiger partial charge in [-0.2, -0.15) is 18.4 Å². The van der Waals surface area contributed by atoms with Gasteiger partial charge in [0, 0.05) is 6.04 Å². The largest absolute Gasteiger partial charge is 0.490 e. The van der Waals surface area contributed by atoms with Crippen molar-refractivity contribution < 1.29 is 22.7 Å². The number of rotatable bonds is 5. The van der Waals surface area contributed by atoms with E-state index in [0.29, 0.717) is 12.2 Å². The van der Waals surface area contributed by atoms with Gasteiger partial charge in [0.1, 0.15) is 11.8 Å². The van der Waals surface area contributed by atoms with Crippen molar-refractivity contribution in [3.63, 3.8) is 0 Å². The number of halogens is 3. The molecule has 0 aromatic heterocycles. The highest BCUT2D eigenvalue weighted by Gasteiger charge is 2.36. The van der Waals surface area contributed by atoms with Gasteiger partial charge < -0.3 is 15.0 Å². The van der Waals surface area contributed by atoms with E-state index in [2.05, 4.69) is 23.2 Å². The van der Waals surface area contributed by atoms with E-state index in [9.17, 15) is 23.2 Å². The quantitative estimate of drug-likeness (QED) is 0.716. The highest BCUT2D eigenvalue weighted by molar-refractivity contribution is 5.80. The molecule has 2 fully saturated rings. The van der Waals surface area contributed by atoms with Crippen molar-refractivity contribution in [1.29, 1.82) is 5.26 Å². The highest BCUT2D eigenvalue weighted by atomic mass is 19.4. The van der Waals surface area contributed by atoms with E-state index in [-0.39, 0.29) is 30.6 Å². The van der Waals surface area contributed by atoms with Crippen LogP contribution in [0.4, 0.5) is 13.2 Å². The van der Waals surface area contributed by atoms with Crippen molar-refractivity contribution in [3.05, 3.63) is 29.8 Å². The van der Waals surface area contributed by atoms with Crippen LogP contribution in [-0.2, 0) is 11.0 Å². The van der Waals surface area contributed by atoms with E-state index < -0.39 is 17.8 Å². The summed E-state index contributed by atoms with van der Waals surface area (Å²) in [7, 11) is 0. The summed E-state index contributed by atoms with van der Waals surface area (Å²) in [6.45, 7) is 1.89. The minimum atomic E-state index is -4.36. The van der Waals surface area contributed by atoms with Crippen molar-refractivity contribution >= 4 is 5.91 Å². The van der Waals surface area contributed by atoms with Crippen LogP contribution >= 0.6 is 0 Å². The molecule has 0 bridgehead atoms. The van der Waals surface area contributed by atoms with Gasteiger partial charge in [0.25, 0.3) is 0 Å². The number of amides is 1. The predicted molar refractivity (Wildman–Crippen MR) is 109 cm³/mol. The number of hydrogen-bond acceptors (Lipinski definition) is 4. The molecular formula is C23H26F3N3O2. The first-order valence-corrected chi connectivity index (χ1v) is 10.5. The third-order valence-electron chi connectivity index (χ3n) is 5.83. The van der Waals surface area contributed by atoms with Crippen molar-refractivity contribution in [1.82, 2.24) is 10.2 Å². The standard InChI is InChI=1S/C23H26F3N3O2/c1-2-3-18-8-9-19(14-27)29(18)22(30)15-28-17-6-12-21(13-7-17)31-20-10-4-16(5-11-20)23(24,25)26/h4-5,10-11,17-19,21,28H,6-9,12-13,15H2,1H3/t17?,18-,19+,21?/m0/s1. The molecular weight excluding hydrogens is 407 g/mol. The first-order chi connectivity index (χ1) is 14.8. The van der Waals surface area contributed by atoms with Crippen LogP contribution in [0.15, 0.2) is 24.3 Å². The van der Waals surface area contributed by atoms with Crippen LogP contribution < -0.4 is 10.1 Å². The number of likely N-dealkylation sites (tertiary alicyclic amines) is 1. The monoisotopic (exact) mass is 433 g/mol. The molecule has 3 rings (SSSR count). The molecule has 8 heteroatoms. The van der Waals surface area contributed by atoms with Gasteiger partial charge in [-0.15, -0.1) is 5.92 Å². The summed E-state index contributed by atoms with van der Waals surface area (Å²) in [5.74, 6) is 6.17. The van der Waals surface area contributed by atoms with E-state index in [1.54, 1.807) is 11.8 Å². The maximum Gasteiger partial charge on any atom is 0.416 e. The molecule has 0 spiro atoms. The molecule has 2 atom stereocenters. The topological polar surface area (TPSA) is 65.4 Å². The number of alkyl halides is 3. The summed E-state index contributed by atoms with van der Waals surface area (Å²) in [5.41, 5.74) is -0.693. The van der Waals surface area contributed by atoms with E-state index in [4.69, 9.17) is 4.74 Å². The smallest absolute Gasteiger partial charge is 0.416 e. The molecule has 1 saturated heterocycles. The molecule has 1 aromatic carbocycles. The predicted octanol–water partition coefficient (Wildman–Crippen LogP) is 3.89. The molecule has 0 unspecified atom stereocenters. The number of ether oxygens (including phenoxy) is 1. The van der Waals surface area contributed by atoms with Crippen LogP contribution in [-0.4, -0.2) is 41.6 Å². The normalized spacial score (nSPS) is 26.0. The Labute approximate surface area is 180 Å². The van der Waals surface area contributed by atoms with Crippen LogP contribution in [0.3, 0.4) is 0 Å². The molecule has 1 N–H and O–H groups in total. The zero-order chi connectivity index (χ0) is 22.4. The number of hydrogen-bond donors (Lipinski definition) is 1. The van der Waals surface area contributed by atoms with Gasteiger partial charge >= 0.3 is 6.18 Å². The number of nitrogens with zero attached hydrogens (tertiary/aromatic N) is 2. The summed E-state index contributed by atoms with van der Waals surface area (Å²) < 4.78 is 43.8. The Kier molecular flexibility index (Phi) is 7.46. The zero-order valence-electron chi connectivity index (χ0n) is 17.4. The fraction of sp³-hybridized carbons (Fsp3) is 0.565. The lowest BCUT2D eigenvalue weighted by molar-refractivity contribution is -0.137. The molecule has 166 valence electrons. The van der Waals surface area contributed by atoms with Crippen LogP contribution in [0.2, 0.25) is 0 Å². The Hall–Kier alpha value is -2.71. The molecule has 1 amide bonds. The minimum absolute atomic E-state index is 0.0590. The second-order valence-electron chi connectivity index (χ2n) is 7.93. The second-order valence-corrected chi connectivity index (χ2v) is 7.93. The summed E-state index contributed by atoms with van der Waals surface area (Å²) in [5, 5.41) is 12.6. The van der Waals surface area contributed by atoms with Crippen molar-refractivity contribution in [2.24, 2.45) is 0 Å². The van der Waals surface area contributed by atoms with Crippen molar-refractivity contribution in [2.75, 3.05) is 6.54 Å².